The van der Waals surface area contributed by atoms with Crippen molar-refractivity contribution in [2.24, 2.45) is 5.92 Å². The molecule has 2 unspecified atom stereocenters. The summed E-state index contributed by atoms with van der Waals surface area (Å²) in [6.45, 7) is 6.65. The minimum Gasteiger partial charge on any atom is -0.329 e. The third kappa shape index (κ3) is 1.78. The van der Waals surface area contributed by atoms with Crippen LogP contribution in [-0.2, 0) is 0 Å². The zero-order valence-corrected chi connectivity index (χ0v) is 10.7. The third-order valence-electron chi connectivity index (χ3n) is 3.35. The van der Waals surface area contributed by atoms with Gasteiger partial charge < -0.3 is 4.98 Å². The summed E-state index contributed by atoms with van der Waals surface area (Å²) in [4.78, 5) is 7.61. The van der Waals surface area contributed by atoms with Gasteiger partial charge in [-0.25, -0.2) is 4.98 Å². The second-order valence-corrected chi connectivity index (χ2v) is 4.69. The van der Waals surface area contributed by atoms with Crippen LogP contribution in [0, 0.1) is 10.7 Å². The highest BCUT2D eigenvalue weighted by Crippen LogP contribution is 2.24. The number of aromatic nitrogens is 3. The quantitative estimate of drug-likeness (QED) is 0.823. The van der Waals surface area contributed by atoms with Crippen LogP contribution in [0.15, 0.2) is 18.3 Å². The maximum Gasteiger partial charge on any atom is 0.179 e. The first-order valence-corrected chi connectivity index (χ1v) is 6.11. The lowest BCUT2D eigenvalue weighted by molar-refractivity contribution is 0.373. The minimum atomic E-state index is 0.376. The van der Waals surface area contributed by atoms with Crippen LogP contribution in [0.4, 0.5) is 0 Å². The molecule has 0 saturated heterocycles. The molecule has 2 aromatic rings. The predicted octanol–water partition coefficient (Wildman–Crippen LogP) is 3.70. The van der Waals surface area contributed by atoms with Crippen LogP contribution in [-0.4, -0.2) is 14.5 Å². The fourth-order valence-corrected chi connectivity index (χ4v) is 2.29. The van der Waals surface area contributed by atoms with Crippen molar-refractivity contribution in [3.63, 3.8) is 0 Å². The molecule has 0 amide bonds. The number of nitrogens with one attached hydrogen (secondary N) is 1. The molecule has 0 aliphatic heterocycles. The van der Waals surface area contributed by atoms with E-state index in [2.05, 4.69) is 35.3 Å². The summed E-state index contributed by atoms with van der Waals surface area (Å²) < 4.78 is 2.89. The monoisotopic (exact) mass is 235 g/mol. The third-order valence-corrected chi connectivity index (χ3v) is 3.65. The number of H-pyrrole nitrogens is 1. The first-order chi connectivity index (χ1) is 7.65. The smallest absolute Gasteiger partial charge is 0.179 e. The molecular weight excluding hydrogens is 218 g/mol. The van der Waals surface area contributed by atoms with Gasteiger partial charge in [0, 0.05) is 12.2 Å². The average molecular weight is 235 g/mol. The lowest BCUT2D eigenvalue weighted by Crippen LogP contribution is -2.13. The van der Waals surface area contributed by atoms with E-state index in [9.17, 15) is 0 Å². The highest BCUT2D eigenvalue weighted by atomic mass is 32.1. The molecule has 0 saturated carbocycles. The highest BCUT2D eigenvalue weighted by Gasteiger charge is 2.16. The molecule has 0 fully saturated rings. The number of rotatable bonds is 3. The Morgan fingerprint density at radius 1 is 1.50 bits per heavy atom. The van der Waals surface area contributed by atoms with Gasteiger partial charge in [-0.2, -0.15) is 0 Å². The Morgan fingerprint density at radius 2 is 2.25 bits per heavy atom. The Balaban J connectivity index is 2.59. The summed E-state index contributed by atoms with van der Waals surface area (Å²) >= 11 is 5.36. The van der Waals surface area contributed by atoms with Gasteiger partial charge in [0.05, 0.1) is 5.52 Å². The van der Waals surface area contributed by atoms with E-state index in [4.69, 9.17) is 12.2 Å². The Morgan fingerprint density at radius 3 is 2.94 bits per heavy atom. The number of hydrogen-bond donors (Lipinski definition) is 1. The summed E-state index contributed by atoms with van der Waals surface area (Å²) in [6, 6.07) is 4.31. The van der Waals surface area contributed by atoms with Crippen LogP contribution in [0.3, 0.4) is 0 Å². The summed E-state index contributed by atoms with van der Waals surface area (Å²) in [7, 11) is 0. The van der Waals surface area contributed by atoms with Crippen molar-refractivity contribution < 1.29 is 0 Å². The molecule has 0 radical (unpaired) electrons. The zero-order valence-electron chi connectivity index (χ0n) is 9.90. The summed E-state index contributed by atoms with van der Waals surface area (Å²) in [5, 5.41) is 0. The predicted molar refractivity (Wildman–Crippen MR) is 69.1 cm³/mol. The van der Waals surface area contributed by atoms with E-state index < -0.39 is 0 Å². The molecule has 0 spiro atoms. The molecule has 0 aromatic carbocycles. The van der Waals surface area contributed by atoms with E-state index in [1.807, 2.05) is 18.3 Å². The maximum atomic E-state index is 5.36. The standard InChI is InChI=1S/C12H17N3S/c1-4-8(2)9(3)15-11-10(14-12(15)16)6-5-7-13-11/h5-9H,4H2,1-3H3,(H,14,16). The molecular formula is C12H17N3S. The van der Waals surface area contributed by atoms with Crippen molar-refractivity contribution in [2.75, 3.05) is 0 Å². The van der Waals surface area contributed by atoms with E-state index in [-0.39, 0.29) is 0 Å². The number of imidazole rings is 1. The van der Waals surface area contributed by atoms with Crippen molar-refractivity contribution in [3.05, 3.63) is 23.1 Å². The fraction of sp³-hybridized carbons (Fsp3) is 0.500. The van der Waals surface area contributed by atoms with Crippen molar-refractivity contribution in [1.82, 2.24) is 14.5 Å². The van der Waals surface area contributed by atoms with Crippen LogP contribution in [0.2, 0.25) is 0 Å². The Bertz CT molecular complexity index is 540. The lowest BCUT2D eigenvalue weighted by Gasteiger charge is -2.20. The van der Waals surface area contributed by atoms with E-state index in [0.717, 1.165) is 22.4 Å². The second kappa shape index (κ2) is 4.37. The van der Waals surface area contributed by atoms with Gasteiger partial charge in [0.2, 0.25) is 0 Å². The molecule has 86 valence electrons. The van der Waals surface area contributed by atoms with Gasteiger partial charge in [-0.15, -0.1) is 0 Å². The average Bonchev–Trinajstić information content (AvgIpc) is 2.63. The number of fused-ring (bicyclic) bond motifs is 1. The second-order valence-electron chi connectivity index (χ2n) is 4.30. The van der Waals surface area contributed by atoms with Gasteiger partial charge in [-0.1, -0.05) is 20.3 Å². The number of hydrogen-bond acceptors (Lipinski definition) is 2. The molecule has 0 aliphatic carbocycles. The fourth-order valence-electron chi connectivity index (χ4n) is 1.93. The van der Waals surface area contributed by atoms with Gasteiger partial charge in [0.15, 0.2) is 10.4 Å². The Kier molecular flexibility index (Phi) is 3.10. The Labute approximate surface area is 101 Å². The normalized spacial score (nSPS) is 15.2. The largest absolute Gasteiger partial charge is 0.329 e. The van der Waals surface area contributed by atoms with Crippen LogP contribution in [0.5, 0.6) is 0 Å². The van der Waals surface area contributed by atoms with Gasteiger partial charge in [-0.05, 0) is 37.2 Å². The van der Waals surface area contributed by atoms with E-state index in [0.29, 0.717) is 12.0 Å². The number of aromatic amines is 1. The van der Waals surface area contributed by atoms with Crippen LogP contribution in [0.1, 0.15) is 33.2 Å². The van der Waals surface area contributed by atoms with E-state index in [1.54, 1.807) is 0 Å². The van der Waals surface area contributed by atoms with Crippen LogP contribution < -0.4 is 0 Å². The minimum absolute atomic E-state index is 0.376. The molecule has 2 rings (SSSR count). The molecule has 2 aromatic heterocycles. The summed E-state index contributed by atoms with van der Waals surface area (Å²) in [6.07, 6.45) is 2.95. The van der Waals surface area contributed by atoms with E-state index in [1.165, 1.54) is 0 Å². The SMILES string of the molecule is CCC(C)C(C)n1c(=S)[nH]c2cccnc21. The molecule has 3 nitrogen and oxygen atoms in total. The lowest BCUT2D eigenvalue weighted by atomic mass is 10.0. The van der Waals surface area contributed by atoms with Gasteiger partial charge in [0.1, 0.15) is 0 Å². The van der Waals surface area contributed by atoms with Crippen molar-refractivity contribution in [1.29, 1.82) is 0 Å². The van der Waals surface area contributed by atoms with Crippen LogP contribution in [0.25, 0.3) is 11.2 Å². The van der Waals surface area contributed by atoms with Gasteiger partial charge >= 0.3 is 0 Å². The summed E-state index contributed by atoms with van der Waals surface area (Å²) in [5.41, 5.74) is 1.97. The number of nitrogens with zero attached hydrogens (tertiary/aromatic N) is 2. The first-order valence-electron chi connectivity index (χ1n) is 5.70. The molecule has 0 aliphatic rings. The highest BCUT2D eigenvalue weighted by molar-refractivity contribution is 7.71. The van der Waals surface area contributed by atoms with Crippen molar-refractivity contribution in [2.45, 2.75) is 33.2 Å². The first kappa shape index (κ1) is 11.3. The Hall–Kier alpha value is -1.16. The van der Waals surface area contributed by atoms with Gasteiger partial charge in [-0.3, -0.25) is 4.57 Å². The number of pyridine rings is 1. The molecule has 1 N–H and O–H groups in total. The molecule has 4 heteroatoms. The molecule has 2 atom stereocenters. The summed E-state index contributed by atoms with van der Waals surface area (Å²) in [5.74, 6) is 0.590. The maximum absolute atomic E-state index is 5.36. The van der Waals surface area contributed by atoms with Gasteiger partial charge in [0.25, 0.3) is 0 Å². The zero-order chi connectivity index (χ0) is 11.7. The van der Waals surface area contributed by atoms with E-state index >= 15 is 0 Å². The molecule has 16 heavy (non-hydrogen) atoms. The van der Waals surface area contributed by atoms with Crippen molar-refractivity contribution in [3.8, 4) is 0 Å². The molecule has 2 heterocycles. The molecule has 0 bridgehead atoms. The topological polar surface area (TPSA) is 33.6 Å². The van der Waals surface area contributed by atoms with Crippen molar-refractivity contribution >= 4 is 23.4 Å². The van der Waals surface area contributed by atoms with Crippen LogP contribution >= 0.6 is 12.2 Å².